The van der Waals surface area contributed by atoms with Gasteiger partial charge < -0.3 is 4.98 Å². The van der Waals surface area contributed by atoms with Gasteiger partial charge in [0.15, 0.2) is 0 Å². The van der Waals surface area contributed by atoms with Crippen LogP contribution in [0.2, 0.25) is 5.02 Å². The zero-order valence-electron chi connectivity index (χ0n) is 10.9. The SMILES string of the molecule is O=C1NC(=O)c2cc3c(cc21)ncn3-c1c(Cl)cc[nH]c1=O. The van der Waals surface area contributed by atoms with Crippen LogP contribution in [0.15, 0.2) is 35.5 Å². The quantitative estimate of drug-likeness (QED) is 0.661. The topological polar surface area (TPSA) is 96.8 Å². The summed E-state index contributed by atoms with van der Waals surface area (Å²) >= 11 is 6.09. The maximum atomic E-state index is 12.0. The van der Waals surface area contributed by atoms with E-state index in [1.807, 2.05) is 0 Å². The molecule has 0 bridgehead atoms. The number of rotatable bonds is 1. The minimum atomic E-state index is -0.470. The second-order valence-corrected chi connectivity index (χ2v) is 5.19. The number of aromatic amines is 1. The molecular formula is C14H7ClN4O3. The van der Waals surface area contributed by atoms with Crippen molar-refractivity contribution in [2.45, 2.75) is 0 Å². The van der Waals surface area contributed by atoms with Crippen molar-refractivity contribution in [1.29, 1.82) is 0 Å². The summed E-state index contributed by atoms with van der Waals surface area (Å²) in [6, 6.07) is 4.60. The molecule has 108 valence electrons. The Morgan fingerprint density at radius 3 is 2.55 bits per heavy atom. The number of halogens is 1. The van der Waals surface area contributed by atoms with Crippen molar-refractivity contribution in [3.8, 4) is 5.69 Å². The van der Waals surface area contributed by atoms with E-state index in [1.54, 1.807) is 6.07 Å². The molecule has 1 aliphatic rings. The van der Waals surface area contributed by atoms with Crippen molar-refractivity contribution in [1.82, 2.24) is 19.9 Å². The number of H-pyrrole nitrogens is 1. The minimum absolute atomic E-state index is 0.205. The normalized spacial score (nSPS) is 13.5. The third-order valence-electron chi connectivity index (χ3n) is 3.53. The second kappa shape index (κ2) is 4.28. The molecule has 4 rings (SSSR count). The maximum Gasteiger partial charge on any atom is 0.273 e. The largest absolute Gasteiger partial charge is 0.327 e. The number of imide groups is 1. The van der Waals surface area contributed by atoms with E-state index in [0.717, 1.165) is 0 Å². The fourth-order valence-corrected chi connectivity index (χ4v) is 2.76. The number of fused-ring (bicyclic) bond motifs is 2. The lowest BCUT2D eigenvalue weighted by Crippen LogP contribution is -2.19. The number of hydrogen-bond acceptors (Lipinski definition) is 4. The lowest BCUT2D eigenvalue weighted by atomic mass is 10.1. The first-order valence-electron chi connectivity index (χ1n) is 6.30. The van der Waals surface area contributed by atoms with E-state index < -0.39 is 11.8 Å². The van der Waals surface area contributed by atoms with Crippen LogP contribution in [0.4, 0.5) is 0 Å². The predicted octanol–water partition coefficient (Wildman–Crippen LogP) is 1.25. The summed E-state index contributed by atoms with van der Waals surface area (Å²) in [5.74, 6) is -0.922. The third kappa shape index (κ3) is 1.63. The number of nitrogens with one attached hydrogen (secondary N) is 2. The molecule has 7 nitrogen and oxygen atoms in total. The number of hydrogen-bond donors (Lipinski definition) is 2. The first-order valence-corrected chi connectivity index (χ1v) is 6.68. The summed E-state index contributed by atoms with van der Waals surface area (Å²) in [4.78, 5) is 42.2. The van der Waals surface area contributed by atoms with E-state index in [0.29, 0.717) is 11.0 Å². The Balaban J connectivity index is 2.06. The van der Waals surface area contributed by atoms with Gasteiger partial charge in [0.2, 0.25) is 0 Å². The van der Waals surface area contributed by atoms with E-state index in [2.05, 4.69) is 15.3 Å². The van der Waals surface area contributed by atoms with Crippen molar-refractivity contribution >= 4 is 34.4 Å². The van der Waals surface area contributed by atoms with Gasteiger partial charge in [-0.25, -0.2) is 4.98 Å². The smallest absolute Gasteiger partial charge is 0.273 e. The molecule has 0 radical (unpaired) electrons. The summed E-state index contributed by atoms with van der Waals surface area (Å²) in [5.41, 5.74) is 1.35. The average molecular weight is 315 g/mol. The van der Waals surface area contributed by atoms with E-state index >= 15 is 0 Å². The van der Waals surface area contributed by atoms with Crippen LogP contribution >= 0.6 is 11.6 Å². The molecule has 3 heterocycles. The van der Waals surface area contributed by atoms with Crippen molar-refractivity contribution in [2.24, 2.45) is 0 Å². The van der Waals surface area contributed by atoms with E-state index in [4.69, 9.17) is 11.6 Å². The lowest BCUT2D eigenvalue weighted by molar-refractivity contribution is 0.0879. The number of carbonyl (C=O) groups excluding carboxylic acids is 2. The summed E-state index contributed by atoms with van der Waals surface area (Å²) < 4.78 is 1.49. The van der Waals surface area contributed by atoms with Gasteiger partial charge >= 0.3 is 0 Å². The fourth-order valence-electron chi connectivity index (χ4n) is 2.52. The van der Waals surface area contributed by atoms with E-state index in [9.17, 15) is 14.4 Å². The molecule has 0 unspecified atom stereocenters. The van der Waals surface area contributed by atoms with Crippen LogP contribution in [0.25, 0.3) is 16.7 Å². The van der Waals surface area contributed by atoms with Gasteiger partial charge in [-0.15, -0.1) is 0 Å². The highest BCUT2D eigenvalue weighted by Gasteiger charge is 2.28. The number of benzene rings is 1. The molecule has 22 heavy (non-hydrogen) atoms. The number of amides is 2. The highest BCUT2D eigenvalue weighted by molar-refractivity contribution is 6.32. The molecule has 2 aromatic heterocycles. The number of aromatic nitrogens is 3. The number of imidazole rings is 1. The molecule has 0 fully saturated rings. The van der Waals surface area contributed by atoms with Crippen LogP contribution in [-0.4, -0.2) is 26.3 Å². The van der Waals surface area contributed by atoms with Gasteiger partial charge in [-0.2, -0.15) is 0 Å². The Morgan fingerprint density at radius 1 is 1.09 bits per heavy atom. The average Bonchev–Trinajstić information content (AvgIpc) is 3.00. The number of nitrogens with zero attached hydrogens (tertiary/aromatic N) is 2. The van der Waals surface area contributed by atoms with E-state index in [-0.39, 0.29) is 27.4 Å². The van der Waals surface area contributed by atoms with Crippen LogP contribution in [-0.2, 0) is 0 Å². The number of carbonyl (C=O) groups is 2. The second-order valence-electron chi connectivity index (χ2n) is 4.79. The molecule has 1 aromatic carbocycles. The van der Waals surface area contributed by atoms with Gasteiger partial charge in [-0.3, -0.25) is 24.3 Å². The van der Waals surface area contributed by atoms with Crippen LogP contribution in [0.5, 0.6) is 0 Å². The van der Waals surface area contributed by atoms with Crippen molar-refractivity contribution in [2.75, 3.05) is 0 Å². The van der Waals surface area contributed by atoms with Crippen molar-refractivity contribution in [3.05, 3.63) is 57.2 Å². The van der Waals surface area contributed by atoms with Gasteiger partial charge in [0.05, 0.1) is 27.2 Å². The van der Waals surface area contributed by atoms with Crippen molar-refractivity contribution < 1.29 is 9.59 Å². The van der Waals surface area contributed by atoms with Crippen LogP contribution < -0.4 is 10.9 Å². The Morgan fingerprint density at radius 2 is 1.82 bits per heavy atom. The first-order chi connectivity index (χ1) is 10.6. The Bertz CT molecular complexity index is 1030. The minimum Gasteiger partial charge on any atom is -0.327 e. The first kappa shape index (κ1) is 12.8. The van der Waals surface area contributed by atoms with Crippen LogP contribution in [0.3, 0.4) is 0 Å². The molecule has 3 aromatic rings. The van der Waals surface area contributed by atoms with Gasteiger partial charge in [0, 0.05) is 6.20 Å². The highest BCUT2D eigenvalue weighted by Crippen LogP contribution is 2.26. The van der Waals surface area contributed by atoms with Crippen LogP contribution in [0, 0.1) is 0 Å². The zero-order valence-corrected chi connectivity index (χ0v) is 11.6. The van der Waals surface area contributed by atoms with Gasteiger partial charge in [-0.1, -0.05) is 11.6 Å². The predicted molar refractivity (Wildman–Crippen MR) is 78.5 cm³/mol. The Labute approximate surface area is 127 Å². The maximum absolute atomic E-state index is 12.0. The third-order valence-corrected chi connectivity index (χ3v) is 3.83. The zero-order chi connectivity index (χ0) is 15.4. The molecule has 0 aliphatic carbocycles. The van der Waals surface area contributed by atoms with Gasteiger partial charge in [-0.05, 0) is 18.2 Å². The lowest BCUT2D eigenvalue weighted by Gasteiger charge is -2.05. The van der Waals surface area contributed by atoms with Crippen molar-refractivity contribution in [3.63, 3.8) is 0 Å². The Kier molecular flexibility index (Phi) is 2.49. The molecule has 0 saturated heterocycles. The standard InChI is InChI=1S/C14H7ClN4O3/c15-8-1-2-16-14(22)11(8)19-5-17-9-3-6-7(4-10(9)19)13(21)18-12(6)20/h1-5H,(H,16,22)(H,18,20,21). The summed E-state index contributed by atoms with van der Waals surface area (Å²) in [7, 11) is 0. The number of pyridine rings is 1. The highest BCUT2D eigenvalue weighted by atomic mass is 35.5. The van der Waals surface area contributed by atoms with E-state index in [1.165, 1.54) is 29.2 Å². The summed E-state index contributed by atoms with van der Waals surface area (Å²) in [5, 5.41) is 2.47. The summed E-state index contributed by atoms with van der Waals surface area (Å²) in [6.07, 6.45) is 2.87. The molecule has 8 heteroatoms. The van der Waals surface area contributed by atoms with Gasteiger partial charge in [0.1, 0.15) is 12.0 Å². The monoisotopic (exact) mass is 314 g/mol. The molecular weight excluding hydrogens is 308 g/mol. The Hall–Kier alpha value is -2.93. The molecule has 0 spiro atoms. The molecule has 1 aliphatic heterocycles. The van der Waals surface area contributed by atoms with Crippen LogP contribution in [0.1, 0.15) is 20.7 Å². The molecule has 0 atom stereocenters. The molecule has 2 amide bonds. The fraction of sp³-hybridized carbons (Fsp3) is 0. The molecule has 2 N–H and O–H groups in total. The van der Waals surface area contributed by atoms with Gasteiger partial charge in [0.25, 0.3) is 17.4 Å². The summed E-state index contributed by atoms with van der Waals surface area (Å²) in [6.45, 7) is 0. The molecule has 0 saturated carbocycles.